The molecule has 3 heteroatoms. The molecule has 0 amide bonds. The van der Waals surface area contributed by atoms with Crippen LogP contribution >= 0.6 is 28.6 Å². The van der Waals surface area contributed by atoms with Gasteiger partial charge in [0.05, 0.1) is 6.00 Å². The molecule has 0 atom stereocenters. The predicted octanol–water partition coefficient (Wildman–Crippen LogP) is 1.86. The number of hydrogen-bond acceptors (Lipinski definition) is 1. The minimum atomic E-state index is 0. The minimum Gasteiger partial charge on any atom is -0.290 e. The zero-order chi connectivity index (χ0) is 5.11. The van der Waals surface area contributed by atoms with Gasteiger partial charge in [-0.15, -0.1) is 28.6 Å². The van der Waals surface area contributed by atoms with Crippen molar-refractivity contribution in [1.29, 1.82) is 0 Å². The van der Waals surface area contributed by atoms with E-state index in [1.54, 1.807) is 0 Å². The van der Waals surface area contributed by atoms with Crippen LogP contribution in [0.25, 0.3) is 0 Å². The van der Waals surface area contributed by atoms with Gasteiger partial charge in [0.25, 0.3) is 0 Å². The molecule has 1 nitrogen and oxygen atoms in total. The van der Waals surface area contributed by atoms with Crippen LogP contribution in [-0.4, -0.2) is 24.0 Å². The van der Waals surface area contributed by atoms with Crippen LogP contribution in [0.3, 0.4) is 0 Å². The number of halogens is 2. The van der Waals surface area contributed by atoms with E-state index in [0.717, 1.165) is 6.00 Å². The molecule has 1 fully saturated rings. The summed E-state index contributed by atoms with van der Waals surface area (Å²) in [6, 6.07) is 0.722. The van der Waals surface area contributed by atoms with E-state index in [-0.39, 0.29) is 17.0 Å². The molecule has 0 aromatic heterocycles. The van der Waals surface area contributed by atoms with Gasteiger partial charge in [0, 0.05) is 0 Å². The zero-order valence-electron chi connectivity index (χ0n) is 4.77. The van der Waals surface area contributed by atoms with E-state index in [1.165, 1.54) is 25.9 Å². The minimum absolute atomic E-state index is 0. The molecule has 0 spiro atoms. The Hall–Kier alpha value is 0.730. The van der Waals surface area contributed by atoms with Gasteiger partial charge in [-0.3, -0.25) is 4.90 Å². The summed E-state index contributed by atoms with van der Waals surface area (Å²) < 4.78 is 0. The van der Waals surface area contributed by atoms with Gasteiger partial charge in [0.2, 0.25) is 0 Å². The van der Waals surface area contributed by atoms with E-state index in [9.17, 15) is 0 Å². The summed E-state index contributed by atoms with van der Waals surface area (Å²) in [7, 11) is 0. The van der Waals surface area contributed by atoms with Gasteiger partial charge in [-0.1, -0.05) is 0 Å². The molecular weight excluding hydrogens is 189 g/mol. The van der Waals surface area contributed by atoms with Crippen molar-refractivity contribution in [3.8, 4) is 0 Å². The molecule has 0 saturated carbocycles. The average molecular weight is 201 g/mol. The highest BCUT2D eigenvalue weighted by atomic mass is 79.9. The van der Waals surface area contributed by atoms with Crippen molar-refractivity contribution in [3.63, 3.8) is 0 Å². The van der Waals surface area contributed by atoms with Gasteiger partial charge < -0.3 is 0 Å². The number of alkyl halides is 1. The van der Waals surface area contributed by atoms with E-state index < -0.39 is 0 Å². The average Bonchev–Trinajstić information content (AvgIpc) is 2.14. The predicted molar refractivity (Wildman–Crippen MR) is 41.8 cm³/mol. The third-order valence-corrected chi connectivity index (χ3v) is 1.71. The highest BCUT2D eigenvalue weighted by Crippen LogP contribution is 2.06. The van der Waals surface area contributed by atoms with E-state index in [0.29, 0.717) is 0 Å². The van der Waals surface area contributed by atoms with Crippen LogP contribution < -0.4 is 0 Å². The number of hydrogen-bond donors (Lipinski definition) is 0. The Balaban J connectivity index is 0.000000490. The lowest BCUT2D eigenvalue weighted by Gasteiger charge is -2.06. The Kier molecular flexibility index (Phi) is 5.01. The lowest BCUT2D eigenvalue weighted by Crippen LogP contribution is -2.15. The topological polar surface area (TPSA) is 3.24 Å². The SMILES string of the molecule is Br.ClCN1CCCC1. The van der Waals surface area contributed by atoms with Crippen LogP contribution in [0.2, 0.25) is 0 Å². The van der Waals surface area contributed by atoms with E-state index in [4.69, 9.17) is 11.6 Å². The molecule has 1 heterocycles. The molecule has 0 radical (unpaired) electrons. The number of nitrogens with zero attached hydrogens (tertiary/aromatic N) is 1. The van der Waals surface area contributed by atoms with Crippen molar-refractivity contribution in [2.75, 3.05) is 19.1 Å². The first kappa shape index (κ1) is 8.73. The van der Waals surface area contributed by atoms with Crippen LogP contribution in [0, 0.1) is 0 Å². The Morgan fingerprint density at radius 3 is 2.00 bits per heavy atom. The summed E-state index contributed by atoms with van der Waals surface area (Å²) >= 11 is 5.53. The Labute approximate surface area is 65.8 Å². The molecule has 0 aromatic rings. The van der Waals surface area contributed by atoms with Gasteiger partial charge >= 0.3 is 0 Å². The second-order valence-electron chi connectivity index (χ2n) is 1.94. The van der Waals surface area contributed by atoms with Crippen molar-refractivity contribution in [2.45, 2.75) is 12.8 Å². The number of rotatable bonds is 1. The third-order valence-electron chi connectivity index (χ3n) is 1.37. The van der Waals surface area contributed by atoms with Crippen LogP contribution in [0.5, 0.6) is 0 Å². The lowest BCUT2D eigenvalue weighted by atomic mass is 10.4. The fraction of sp³-hybridized carbons (Fsp3) is 1.00. The van der Waals surface area contributed by atoms with Gasteiger partial charge in [-0.2, -0.15) is 0 Å². The first-order valence-corrected chi connectivity index (χ1v) is 3.25. The van der Waals surface area contributed by atoms with Crippen LogP contribution in [0.4, 0.5) is 0 Å². The van der Waals surface area contributed by atoms with Crippen LogP contribution in [0.1, 0.15) is 12.8 Å². The molecule has 0 aromatic carbocycles. The first-order chi connectivity index (χ1) is 3.43. The maximum Gasteiger partial charge on any atom is 0.0738 e. The van der Waals surface area contributed by atoms with Gasteiger partial charge in [0.1, 0.15) is 0 Å². The summed E-state index contributed by atoms with van der Waals surface area (Å²) in [5.74, 6) is 0. The monoisotopic (exact) mass is 199 g/mol. The fourth-order valence-electron chi connectivity index (χ4n) is 0.902. The molecular formula is C5H11BrClN. The molecule has 0 aliphatic carbocycles. The standard InChI is InChI=1S/C5H10ClN.BrH/c6-5-7-3-1-2-4-7;/h1-5H2;1H. The largest absolute Gasteiger partial charge is 0.290 e. The fourth-order valence-corrected chi connectivity index (χ4v) is 1.14. The highest BCUT2D eigenvalue weighted by molar-refractivity contribution is 8.93. The molecule has 0 N–H and O–H groups in total. The van der Waals surface area contributed by atoms with Gasteiger partial charge in [-0.05, 0) is 25.9 Å². The van der Waals surface area contributed by atoms with Crippen molar-refractivity contribution >= 4 is 28.6 Å². The lowest BCUT2D eigenvalue weighted by molar-refractivity contribution is 0.397. The third kappa shape index (κ3) is 2.33. The van der Waals surface area contributed by atoms with Crippen molar-refractivity contribution in [2.24, 2.45) is 0 Å². The van der Waals surface area contributed by atoms with E-state index in [2.05, 4.69) is 4.90 Å². The second kappa shape index (κ2) is 4.59. The molecule has 0 bridgehead atoms. The molecule has 50 valence electrons. The highest BCUT2D eigenvalue weighted by Gasteiger charge is 2.07. The Morgan fingerprint density at radius 2 is 1.75 bits per heavy atom. The number of likely N-dealkylation sites (tertiary alicyclic amines) is 1. The zero-order valence-corrected chi connectivity index (χ0v) is 7.24. The van der Waals surface area contributed by atoms with E-state index in [1.807, 2.05) is 0 Å². The van der Waals surface area contributed by atoms with E-state index >= 15 is 0 Å². The van der Waals surface area contributed by atoms with Gasteiger partial charge in [-0.25, -0.2) is 0 Å². The van der Waals surface area contributed by atoms with Crippen molar-refractivity contribution in [3.05, 3.63) is 0 Å². The molecule has 1 aliphatic rings. The maximum atomic E-state index is 5.53. The van der Waals surface area contributed by atoms with Gasteiger partial charge in [0.15, 0.2) is 0 Å². The Morgan fingerprint density at radius 1 is 1.25 bits per heavy atom. The molecule has 1 aliphatic heterocycles. The quantitative estimate of drug-likeness (QED) is 0.461. The Bertz CT molecular complexity index is 54.4. The molecule has 1 rings (SSSR count). The summed E-state index contributed by atoms with van der Waals surface area (Å²) in [6.45, 7) is 2.42. The smallest absolute Gasteiger partial charge is 0.0738 e. The second-order valence-corrected chi connectivity index (χ2v) is 2.18. The molecule has 8 heavy (non-hydrogen) atoms. The molecule has 1 saturated heterocycles. The molecule has 0 unspecified atom stereocenters. The summed E-state index contributed by atoms with van der Waals surface area (Å²) in [6.07, 6.45) is 2.68. The summed E-state index contributed by atoms with van der Waals surface area (Å²) in [4.78, 5) is 2.25. The summed E-state index contributed by atoms with van der Waals surface area (Å²) in [5, 5.41) is 0. The first-order valence-electron chi connectivity index (χ1n) is 2.72. The normalized spacial score (nSPS) is 20.6. The van der Waals surface area contributed by atoms with Crippen LogP contribution in [0.15, 0.2) is 0 Å². The maximum absolute atomic E-state index is 5.53. The van der Waals surface area contributed by atoms with Crippen molar-refractivity contribution < 1.29 is 0 Å². The summed E-state index contributed by atoms with van der Waals surface area (Å²) in [5.41, 5.74) is 0. The van der Waals surface area contributed by atoms with Crippen LogP contribution in [-0.2, 0) is 0 Å². The van der Waals surface area contributed by atoms with Crippen molar-refractivity contribution in [1.82, 2.24) is 4.90 Å².